The molecule has 0 spiro atoms. The van der Waals surface area contributed by atoms with Crippen molar-refractivity contribution in [3.63, 3.8) is 0 Å². The third kappa shape index (κ3) is 2990. The average Bonchev–Trinajstić information content (AvgIpc) is 0. The Hall–Kier alpha value is 0.239. The molecule has 7 N–H and O–H groups in total. The molecule has 56 valence electrons. The van der Waals surface area contributed by atoms with Gasteiger partial charge in [0.05, 0.1) is 0 Å². The van der Waals surface area contributed by atoms with Crippen molar-refractivity contribution in [2.24, 2.45) is 0 Å². The third-order valence-electron chi connectivity index (χ3n) is 0. The summed E-state index contributed by atoms with van der Waals surface area (Å²) in [5.41, 5.74) is 0. The van der Waals surface area contributed by atoms with E-state index in [9.17, 15) is 0 Å². The molecule has 0 aliphatic rings. The molecule has 0 fully saturated rings. The summed E-state index contributed by atoms with van der Waals surface area (Å²) in [4.78, 5) is 0. The van der Waals surface area contributed by atoms with Gasteiger partial charge in [0.15, 0.2) is 0 Å². The van der Waals surface area contributed by atoms with E-state index in [1.807, 2.05) is 0 Å². The molecule has 0 saturated carbocycles. The Kier molecular flexibility index (Phi) is 4630000. The molecule has 8 heteroatoms. The SMILES string of the molecule is [Mn+7].[OH-].[OH-].[OH-].[OH-].[OH-].[OH-].[OH-]. The van der Waals surface area contributed by atoms with Gasteiger partial charge in [-0.2, -0.15) is 0 Å². The minimum Gasteiger partial charge on any atom is -0.870 e. The summed E-state index contributed by atoms with van der Waals surface area (Å²) in [6.45, 7) is 0. The van der Waals surface area contributed by atoms with Crippen LogP contribution in [0.15, 0.2) is 0 Å². The minimum absolute atomic E-state index is 0. The monoisotopic (exact) mass is 174 g/mol. The fourth-order valence-electron chi connectivity index (χ4n) is 0. The maximum absolute atomic E-state index is 0. The molecular formula is H7MnO7. The van der Waals surface area contributed by atoms with Gasteiger partial charge in [0.2, 0.25) is 0 Å². The summed E-state index contributed by atoms with van der Waals surface area (Å²) in [5.74, 6) is 0. The molecular weight excluding hydrogens is 167 g/mol. The van der Waals surface area contributed by atoms with E-state index in [0.29, 0.717) is 0 Å². The van der Waals surface area contributed by atoms with Gasteiger partial charge in [0, 0.05) is 0 Å². The summed E-state index contributed by atoms with van der Waals surface area (Å²) < 4.78 is 0. The molecule has 8 heavy (non-hydrogen) atoms. The summed E-state index contributed by atoms with van der Waals surface area (Å²) in [6.07, 6.45) is 0. The Morgan fingerprint density at radius 3 is 0.250 bits per heavy atom. The smallest absolute Gasteiger partial charge is 0.870 e. The molecule has 0 saturated heterocycles. The Morgan fingerprint density at radius 2 is 0.250 bits per heavy atom. The van der Waals surface area contributed by atoms with Crippen LogP contribution in [0.2, 0.25) is 0 Å². The van der Waals surface area contributed by atoms with E-state index in [0.717, 1.165) is 0 Å². The fraction of sp³-hybridized carbons (Fsp3) is 0. The molecule has 0 aliphatic carbocycles. The van der Waals surface area contributed by atoms with Gasteiger partial charge in [-0.25, -0.2) is 0 Å². The van der Waals surface area contributed by atoms with Gasteiger partial charge in [-0.3, -0.25) is 0 Å². The first-order valence-corrected chi connectivity index (χ1v) is 0. The van der Waals surface area contributed by atoms with Crippen LogP contribution in [-0.2, 0) is 17.1 Å². The van der Waals surface area contributed by atoms with Crippen molar-refractivity contribution in [3.05, 3.63) is 0 Å². The summed E-state index contributed by atoms with van der Waals surface area (Å²) in [6, 6.07) is 0. The first kappa shape index (κ1) is 7530. The summed E-state index contributed by atoms with van der Waals surface area (Å²) in [5, 5.41) is 0. The largest absolute Gasteiger partial charge is 7.00 e. The number of hydrogen-bond donors (Lipinski definition) is 0. The maximum atomic E-state index is 0. The normalized spacial score (nSPS) is 0. The van der Waals surface area contributed by atoms with E-state index in [-0.39, 0.29) is 55.4 Å². The van der Waals surface area contributed by atoms with Gasteiger partial charge in [-0.15, -0.1) is 0 Å². The van der Waals surface area contributed by atoms with Crippen LogP contribution < -0.4 is 0 Å². The molecule has 0 radical (unpaired) electrons. The van der Waals surface area contributed by atoms with Crippen molar-refractivity contribution in [1.82, 2.24) is 0 Å². The topological polar surface area (TPSA) is 210 Å². The molecule has 0 atom stereocenters. The van der Waals surface area contributed by atoms with Crippen LogP contribution in [0.25, 0.3) is 0 Å². The van der Waals surface area contributed by atoms with Gasteiger partial charge in [0.1, 0.15) is 0 Å². The van der Waals surface area contributed by atoms with Crippen molar-refractivity contribution < 1.29 is 55.4 Å². The van der Waals surface area contributed by atoms with Gasteiger partial charge in [-0.05, 0) is 0 Å². The van der Waals surface area contributed by atoms with Crippen LogP contribution >= 0.6 is 0 Å². The Balaban J connectivity index is 0. The Morgan fingerprint density at radius 1 is 0.250 bits per heavy atom. The van der Waals surface area contributed by atoms with Crippen LogP contribution in [0.3, 0.4) is 0 Å². The van der Waals surface area contributed by atoms with Crippen LogP contribution in [-0.4, -0.2) is 38.3 Å². The first-order chi connectivity index (χ1) is 0. The first-order valence-electron chi connectivity index (χ1n) is 0. The molecule has 0 heterocycles. The van der Waals surface area contributed by atoms with Crippen LogP contribution in [0, 0.1) is 0 Å². The van der Waals surface area contributed by atoms with E-state index < -0.39 is 0 Å². The van der Waals surface area contributed by atoms with E-state index >= 15 is 0 Å². The van der Waals surface area contributed by atoms with Crippen molar-refractivity contribution in [1.29, 1.82) is 0 Å². The zero-order valence-corrected chi connectivity index (χ0v) is 4.69. The zero-order valence-electron chi connectivity index (χ0n) is 3.51. The standard InChI is InChI=1S/Mn.7H2O/h;7*1H2/q+7;;;;;;;/p-7. The second-order valence-electron chi connectivity index (χ2n) is 0. The van der Waals surface area contributed by atoms with E-state index in [2.05, 4.69) is 0 Å². The van der Waals surface area contributed by atoms with Gasteiger partial charge >= 0.3 is 17.1 Å². The average molecular weight is 174 g/mol. The Labute approximate surface area is 56.3 Å². The van der Waals surface area contributed by atoms with Crippen molar-refractivity contribution in [2.75, 3.05) is 0 Å². The summed E-state index contributed by atoms with van der Waals surface area (Å²) in [7, 11) is 0. The molecule has 0 rings (SSSR count). The van der Waals surface area contributed by atoms with Crippen LogP contribution in [0.4, 0.5) is 0 Å². The summed E-state index contributed by atoms with van der Waals surface area (Å²) >= 11 is 0. The molecule has 0 aliphatic heterocycles. The zero-order chi connectivity index (χ0) is 0. The van der Waals surface area contributed by atoms with Crippen LogP contribution in [0.1, 0.15) is 0 Å². The second kappa shape index (κ2) is 4910. The predicted molar refractivity (Wildman–Crippen MR) is 13.6 cm³/mol. The van der Waals surface area contributed by atoms with Crippen LogP contribution in [0.5, 0.6) is 0 Å². The molecule has 0 unspecified atom stereocenters. The fourth-order valence-corrected chi connectivity index (χ4v) is 0. The molecule has 0 amide bonds. The second-order valence-corrected chi connectivity index (χ2v) is 0. The molecule has 0 bridgehead atoms. The molecule has 0 aromatic rings. The van der Waals surface area contributed by atoms with E-state index in [1.165, 1.54) is 0 Å². The molecule has 7 nitrogen and oxygen atoms in total. The van der Waals surface area contributed by atoms with Crippen molar-refractivity contribution >= 4 is 0 Å². The maximum Gasteiger partial charge on any atom is 7.00 e. The van der Waals surface area contributed by atoms with Gasteiger partial charge in [-0.1, -0.05) is 0 Å². The van der Waals surface area contributed by atoms with Gasteiger partial charge < -0.3 is 38.3 Å². The number of rotatable bonds is 0. The Bertz CT molecular complexity index is 4.35. The molecule has 0 aromatic carbocycles. The van der Waals surface area contributed by atoms with E-state index in [1.54, 1.807) is 0 Å². The van der Waals surface area contributed by atoms with Gasteiger partial charge in [0.25, 0.3) is 0 Å². The number of hydrogen-bond acceptors (Lipinski definition) is 7. The predicted octanol–water partition coefficient (Wildman–Crippen LogP) is -1.24. The van der Waals surface area contributed by atoms with Crippen molar-refractivity contribution in [3.8, 4) is 0 Å². The quantitative estimate of drug-likeness (QED) is 0.406. The van der Waals surface area contributed by atoms with E-state index in [4.69, 9.17) is 0 Å². The minimum atomic E-state index is 0. The molecule has 0 aromatic heterocycles. The van der Waals surface area contributed by atoms with Crippen molar-refractivity contribution in [2.45, 2.75) is 0 Å². The third-order valence-corrected chi connectivity index (χ3v) is 0.